The zero-order valence-electron chi connectivity index (χ0n) is 9.32. The Morgan fingerprint density at radius 3 is 2.67 bits per heavy atom. The normalized spacial score (nSPS) is 21.8. The molecule has 0 aromatic heterocycles. The first kappa shape index (κ1) is 13.6. The van der Waals surface area contributed by atoms with E-state index in [-0.39, 0.29) is 22.4 Å². The molecule has 1 atom stereocenters. The Hall–Kier alpha value is -0.780. The number of carbonyl (C=O) groups excluding carboxylic acids is 1. The molecule has 18 heavy (non-hydrogen) atoms. The number of anilines is 1. The first-order valence-electron chi connectivity index (χ1n) is 5.34. The van der Waals surface area contributed by atoms with Crippen molar-refractivity contribution in [2.45, 2.75) is 6.42 Å². The van der Waals surface area contributed by atoms with Crippen LogP contribution in [0.1, 0.15) is 6.42 Å². The Balaban J connectivity index is 2.11. The van der Waals surface area contributed by atoms with E-state index in [1.807, 2.05) is 0 Å². The molecule has 98 valence electrons. The molecule has 2 rings (SSSR count). The van der Waals surface area contributed by atoms with Gasteiger partial charge in [0.25, 0.3) is 0 Å². The van der Waals surface area contributed by atoms with E-state index in [9.17, 15) is 13.2 Å². The van der Waals surface area contributed by atoms with Gasteiger partial charge in [-0.05, 0) is 18.6 Å². The van der Waals surface area contributed by atoms with Crippen LogP contribution in [0.3, 0.4) is 0 Å². The molecule has 1 amide bonds. The van der Waals surface area contributed by atoms with Crippen LogP contribution in [0.5, 0.6) is 0 Å². The molecule has 1 saturated heterocycles. The van der Waals surface area contributed by atoms with Gasteiger partial charge in [0.2, 0.25) is 5.91 Å². The number of sulfone groups is 1. The number of nitrogens with one attached hydrogen (secondary N) is 1. The van der Waals surface area contributed by atoms with Gasteiger partial charge in [-0.25, -0.2) is 8.42 Å². The van der Waals surface area contributed by atoms with Gasteiger partial charge in [-0.2, -0.15) is 0 Å². The predicted octanol–water partition coefficient (Wildman–Crippen LogP) is 2.37. The van der Waals surface area contributed by atoms with Crippen molar-refractivity contribution >= 4 is 44.6 Å². The molecule has 1 heterocycles. The zero-order chi connectivity index (χ0) is 13.3. The summed E-state index contributed by atoms with van der Waals surface area (Å²) in [7, 11) is -3.07. The zero-order valence-corrected chi connectivity index (χ0v) is 11.6. The Morgan fingerprint density at radius 2 is 2.06 bits per heavy atom. The largest absolute Gasteiger partial charge is 0.324 e. The van der Waals surface area contributed by atoms with Crippen LogP contribution in [0.15, 0.2) is 18.2 Å². The van der Waals surface area contributed by atoms with E-state index in [2.05, 4.69) is 5.32 Å². The van der Waals surface area contributed by atoms with E-state index >= 15 is 0 Å². The smallest absolute Gasteiger partial charge is 0.228 e. The van der Waals surface area contributed by atoms with Gasteiger partial charge < -0.3 is 5.32 Å². The van der Waals surface area contributed by atoms with Crippen LogP contribution in [0.4, 0.5) is 5.69 Å². The average molecular weight is 308 g/mol. The van der Waals surface area contributed by atoms with E-state index in [4.69, 9.17) is 23.2 Å². The van der Waals surface area contributed by atoms with Crippen LogP contribution in [0, 0.1) is 5.92 Å². The van der Waals surface area contributed by atoms with E-state index in [1.165, 1.54) is 0 Å². The maximum absolute atomic E-state index is 11.9. The molecule has 1 fully saturated rings. The fraction of sp³-hybridized carbons (Fsp3) is 0.364. The van der Waals surface area contributed by atoms with Gasteiger partial charge in [0, 0.05) is 0 Å². The third-order valence-electron chi connectivity index (χ3n) is 2.81. The summed E-state index contributed by atoms with van der Waals surface area (Å²) < 4.78 is 22.6. The van der Waals surface area contributed by atoms with Crippen molar-refractivity contribution in [1.29, 1.82) is 0 Å². The van der Waals surface area contributed by atoms with Gasteiger partial charge in [0.05, 0.1) is 33.2 Å². The SMILES string of the molecule is O=C(Nc1cccc(Cl)c1Cl)C1CCS(=O)(=O)C1. The van der Waals surface area contributed by atoms with Gasteiger partial charge in [-0.15, -0.1) is 0 Å². The van der Waals surface area contributed by atoms with E-state index in [1.54, 1.807) is 18.2 Å². The summed E-state index contributed by atoms with van der Waals surface area (Å²) in [6.07, 6.45) is 0.354. The minimum Gasteiger partial charge on any atom is -0.324 e. The molecule has 1 aliphatic heterocycles. The lowest BCUT2D eigenvalue weighted by molar-refractivity contribution is -0.119. The van der Waals surface area contributed by atoms with Gasteiger partial charge in [0.15, 0.2) is 9.84 Å². The molecule has 0 bridgehead atoms. The number of hydrogen-bond donors (Lipinski definition) is 1. The molecule has 0 saturated carbocycles. The third kappa shape index (κ3) is 2.96. The summed E-state index contributed by atoms with van der Waals surface area (Å²) in [6, 6.07) is 4.89. The molecule has 0 radical (unpaired) electrons. The molecular formula is C11H11Cl2NO3S. The van der Waals surface area contributed by atoms with E-state index < -0.39 is 15.8 Å². The van der Waals surface area contributed by atoms with Crippen molar-refractivity contribution in [2.75, 3.05) is 16.8 Å². The van der Waals surface area contributed by atoms with Crippen molar-refractivity contribution < 1.29 is 13.2 Å². The highest BCUT2D eigenvalue weighted by molar-refractivity contribution is 7.91. The number of amides is 1. The lowest BCUT2D eigenvalue weighted by Crippen LogP contribution is -2.23. The molecule has 7 heteroatoms. The molecule has 1 unspecified atom stereocenters. The van der Waals surface area contributed by atoms with Crippen LogP contribution in [-0.2, 0) is 14.6 Å². The van der Waals surface area contributed by atoms with Crippen LogP contribution >= 0.6 is 23.2 Å². The molecule has 1 aromatic rings. The fourth-order valence-corrected chi connectivity index (χ4v) is 3.93. The van der Waals surface area contributed by atoms with Crippen molar-refractivity contribution in [2.24, 2.45) is 5.92 Å². The lowest BCUT2D eigenvalue weighted by Gasteiger charge is -2.11. The van der Waals surface area contributed by atoms with Crippen LogP contribution in [0.2, 0.25) is 10.0 Å². The van der Waals surface area contributed by atoms with Crippen LogP contribution < -0.4 is 5.32 Å². The van der Waals surface area contributed by atoms with Crippen LogP contribution in [-0.4, -0.2) is 25.8 Å². The standard InChI is InChI=1S/C11H11Cl2NO3S/c12-8-2-1-3-9(10(8)13)14-11(15)7-4-5-18(16,17)6-7/h1-3,7H,4-6H2,(H,14,15). The lowest BCUT2D eigenvalue weighted by atomic mass is 10.1. The van der Waals surface area contributed by atoms with Crippen molar-refractivity contribution in [3.05, 3.63) is 28.2 Å². The van der Waals surface area contributed by atoms with Crippen molar-refractivity contribution in [3.8, 4) is 0 Å². The number of carbonyl (C=O) groups is 1. The second-order valence-electron chi connectivity index (χ2n) is 4.19. The molecule has 1 aromatic carbocycles. The van der Waals surface area contributed by atoms with E-state index in [0.29, 0.717) is 17.1 Å². The number of hydrogen-bond acceptors (Lipinski definition) is 3. The first-order chi connectivity index (χ1) is 8.39. The molecule has 1 N–H and O–H groups in total. The van der Waals surface area contributed by atoms with Gasteiger partial charge in [0.1, 0.15) is 0 Å². The number of benzene rings is 1. The molecule has 0 spiro atoms. The molecular weight excluding hydrogens is 297 g/mol. The van der Waals surface area contributed by atoms with Gasteiger partial charge in [-0.3, -0.25) is 4.79 Å². The number of rotatable bonds is 2. The summed E-state index contributed by atoms with van der Waals surface area (Å²) in [5, 5.41) is 3.21. The first-order valence-corrected chi connectivity index (χ1v) is 7.92. The topological polar surface area (TPSA) is 63.2 Å². The Kier molecular flexibility index (Phi) is 3.84. The second-order valence-corrected chi connectivity index (χ2v) is 7.20. The third-order valence-corrected chi connectivity index (χ3v) is 5.40. The fourth-order valence-electron chi connectivity index (χ4n) is 1.84. The highest BCUT2D eigenvalue weighted by Crippen LogP contribution is 2.30. The summed E-state index contributed by atoms with van der Waals surface area (Å²) in [5.74, 6) is -0.879. The highest BCUT2D eigenvalue weighted by Gasteiger charge is 2.33. The van der Waals surface area contributed by atoms with Gasteiger partial charge >= 0.3 is 0 Å². The number of halogens is 2. The van der Waals surface area contributed by atoms with Gasteiger partial charge in [-0.1, -0.05) is 29.3 Å². The maximum atomic E-state index is 11.9. The van der Waals surface area contributed by atoms with E-state index in [0.717, 1.165) is 0 Å². The summed E-state index contributed by atoms with van der Waals surface area (Å²) in [6.45, 7) is 0. The molecule has 0 aliphatic carbocycles. The second kappa shape index (κ2) is 5.07. The summed E-state index contributed by atoms with van der Waals surface area (Å²) in [4.78, 5) is 11.9. The Labute approximate surface area is 115 Å². The molecule has 4 nitrogen and oxygen atoms in total. The minimum atomic E-state index is -3.07. The van der Waals surface area contributed by atoms with Crippen molar-refractivity contribution in [3.63, 3.8) is 0 Å². The average Bonchev–Trinajstić information content (AvgIpc) is 2.65. The predicted molar refractivity (Wildman–Crippen MR) is 71.9 cm³/mol. The quantitative estimate of drug-likeness (QED) is 0.912. The monoisotopic (exact) mass is 307 g/mol. The Morgan fingerprint density at radius 1 is 1.33 bits per heavy atom. The highest BCUT2D eigenvalue weighted by atomic mass is 35.5. The molecule has 1 aliphatic rings. The maximum Gasteiger partial charge on any atom is 0.228 e. The minimum absolute atomic E-state index is 0.0639. The summed E-state index contributed by atoms with van der Waals surface area (Å²) >= 11 is 11.8. The van der Waals surface area contributed by atoms with Crippen LogP contribution in [0.25, 0.3) is 0 Å². The Bertz CT molecular complexity index is 586. The summed E-state index contributed by atoms with van der Waals surface area (Å²) in [5.41, 5.74) is 0.401. The van der Waals surface area contributed by atoms with Crippen molar-refractivity contribution in [1.82, 2.24) is 0 Å².